The monoisotopic (exact) mass is 367 g/mol. The fourth-order valence-electron chi connectivity index (χ4n) is 7.52. The number of ether oxygens (including phenoxy) is 2. The van der Waals surface area contributed by atoms with E-state index in [4.69, 9.17) is 9.47 Å². The molecule has 0 amide bonds. The van der Waals surface area contributed by atoms with Crippen molar-refractivity contribution < 1.29 is 19.4 Å². The summed E-state index contributed by atoms with van der Waals surface area (Å²) in [5.41, 5.74) is 1.30. The molecule has 1 aromatic rings. The van der Waals surface area contributed by atoms with Gasteiger partial charge in [0.05, 0.1) is 11.3 Å². The Morgan fingerprint density at radius 2 is 2.19 bits per heavy atom. The zero-order chi connectivity index (χ0) is 18.8. The minimum atomic E-state index is -0.770. The first-order chi connectivity index (χ1) is 12.9. The Kier molecular flexibility index (Phi) is 2.74. The van der Waals surface area contributed by atoms with Crippen LogP contribution >= 0.6 is 0 Å². The van der Waals surface area contributed by atoms with Gasteiger partial charge in [0, 0.05) is 24.1 Å². The molecule has 27 heavy (non-hydrogen) atoms. The SMILES string of the molecule is COC12C=C[C@]3(C[C@H]1C(C)=O)[C@H]1Cc4ccc(O)c5c4[C@@]3(CCN1C)[C@H]2O5. The number of nitrogens with zero attached hydrogens (tertiary/aromatic N) is 1. The van der Waals surface area contributed by atoms with Crippen molar-refractivity contribution in [1.82, 2.24) is 4.90 Å². The number of Topliss-reactive ketones (excluding diaryl/α,β-unsaturated/α-hetero) is 1. The van der Waals surface area contributed by atoms with Gasteiger partial charge in [0.15, 0.2) is 11.5 Å². The van der Waals surface area contributed by atoms with Gasteiger partial charge in [-0.15, -0.1) is 0 Å². The largest absolute Gasteiger partial charge is 0.504 e. The molecule has 6 atom stereocenters. The Morgan fingerprint density at radius 1 is 1.37 bits per heavy atom. The maximum Gasteiger partial charge on any atom is 0.165 e. The topological polar surface area (TPSA) is 59.0 Å². The molecule has 2 aliphatic heterocycles. The number of benzene rings is 1. The van der Waals surface area contributed by atoms with Crippen LogP contribution in [0.1, 0.15) is 30.9 Å². The van der Waals surface area contributed by atoms with Crippen LogP contribution in [0.3, 0.4) is 0 Å². The van der Waals surface area contributed by atoms with Gasteiger partial charge in [-0.1, -0.05) is 18.2 Å². The Hall–Kier alpha value is -1.85. The molecule has 2 fully saturated rings. The first-order valence-electron chi connectivity index (χ1n) is 9.89. The number of phenolic OH excluding ortho intramolecular Hbond substituents is 1. The number of phenols is 1. The minimum absolute atomic E-state index is 0.158. The lowest BCUT2D eigenvalue weighted by Gasteiger charge is -2.70. The standard InChI is InChI=1S/C22H25NO4/c1-12(24)14-11-20-6-7-22(14,26-3)19-21(20)8-9-23(2)16(20)10-13-4-5-15(25)18(27-19)17(13)21/h4-7,14,16,19,25H,8-11H2,1-3H3/t14-,16+,19+,20-,21-,22?/m0/s1. The molecule has 1 saturated heterocycles. The lowest BCUT2D eigenvalue weighted by Crippen LogP contribution is -2.79. The number of rotatable bonds is 2. The van der Waals surface area contributed by atoms with Crippen LogP contribution in [0.5, 0.6) is 11.5 Å². The molecule has 2 heterocycles. The van der Waals surface area contributed by atoms with Crippen molar-refractivity contribution in [3.63, 3.8) is 0 Å². The van der Waals surface area contributed by atoms with Crippen molar-refractivity contribution in [2.75, 3.05) is 20.7 Å². The van der Waals surface area contributed by atoms with Gasteiger partial charge in [-0.2, -0.15) is 0 Å². The highest BCUT2D eigenvalue weighted by molar-refractivity contribution is 5.82. The summed E-state index contributed by atoms with van der Waals surface area (Å²) in [6.07, 6.45) is 6.85. The van der Waals surface area contributed by atoms with Crippen LogP contribution in [0, 0.1) is 11.3 Å². The molecule has 0 aromatic heterocycles. The van der Waals surface area contributed by atoms with E-state index in [1.54, 1.807) is 20.1 Å². The van der Waals surface area contributed by atoms with E-state index in [1.807, 2.05) is 0 Å². The number of aromatic hydroxyl groups is 1. The summed E-state index contributed by atoms with van der Waals surface area (Å²) in [7, 11) is 3.89. The van der Waals surface area contributed by atoms with E-state index in [2.05, 4.69) is 30.2 Å². The van der Waals surface area contributed by atoms with E-state index in [-0.39, 0.29) is 34.4 Å². The number of likely N-dealkylation sites (tertiary alicyclic amines) is 1. The molecule has 6 aliphatic rings. The first-order valence-corrected chi connectivity index (χ1v) is 9.89. The molecule has 1 unspecified atom stereocenters. The second-order valence-corrected chi connectivity index (χ2v) is 9.17. The average molecular weight is 367 g/mol. The van der Waals surface area contributed by atoms with Gasteiger partial charge in [0.1, 0.15) is 17.5 Å². The van der Waals surface area contributed by atoms with Crippen molar-refractivity contribution in [2.24, 2.45) is 11.3 Å². The summed E-state index contributed by atoms with van der Waals surface area (Å²) in [4.78, 5) is 15.2. The zero-order valence-electron chi connectivity index (χ0n) is 16.0. The maximum absolute atomic E-state index is 12.7. The van der Waals surface area contributed by atoms with E-state index >= 15 is 0 Å². The van der Waals surface area contributed by atoms with Crippen molar-refractivity contribution in [3.8, 4) is 11.5 Å². The summed E-state index contributed by atoms with van der Waals surface area (Å²) in [6, 6.07) is 4.15. The summed E-state index contributed by atoms with van der Waals surface area (Å²) < 4.78 is 12.7. The molecule has 7 rings (SSSR count). The maximum atomic E-state index is 12.7. The summed E-state index contributed by atoms with van der Waals surface area (Å²) in [5.74, 6) is 0.762. The number of fused-ring (bicyclic) bond motifs is 1. The van der Waals surface area contributed by atoms with E-state index < -0.39 is 5.60 Å². The Labute approximate surface area is 158 Å². The van der Waals surface area contributed by atoms with Gasteiger partial charge >= 0.3 is 0 Å². The van der Waals surface area contributed by atoms with Crippen LogP contribution < -0.4 is 4.74 Å². The lowest BCUT2D eigenvalue weighted by molar-refractivity contribution is -0.212. The van der Waals surface area contributed by atoms with E-state index in [1.165, 1.54) is 11.1 Å². The van der Waals surface area contributed by atoms with Crippen LogP contribution in [0.4, 0.5) is 0 Å². The number of hydrogen-bond donors (Lipinski definition) is 1. The van der Waals surface area contributed by atoms with Gasteiger partial charge < -0.3 is 19.5 Å². The quantitative estimate of drug-likeness (QED) is 0.812. The Balaban J connectivity index is 1.73. The van der Waals surface area contributed by atoms with Crippen molar-refractivity contribution in [1.29, 1.82) is 0 Å². The number of piperidine rings is 1. The predicted octanol–water partition coefficient (Wildman–Crippen LogP) is 2.20. The Morgan fingerprint density at radius 3 is 2.93 bits per heavy atom. The number of hydrogen-bond acceptors (Lipinski definition) is 5. The van der Waals surface area contributed by atoms with E-state index in [0.29, 0.717) is 11.8 Å². The highest BCUT2D eigenvalue weighted by atomic mass is 16.6. The summed E-state index contributed by atoms with van der Waals surface area (Å²) in [6.45, 7) is 2.66. The molecule has 5 heteroatoms. The van der Waals surface area contributed by atoms with Crippen LogP contribution in [0.25, 0.3) is 0 Å². The minimum Gasteiger partial charge on any atom is -0.504 e. The zero-order valence-corrected chi connectivity index (χ0v) is 16.0. The molecule has 1 aromatic carbocycles. The normalized spacial score (nSPS) is 45.5. The van der Waals surface area contributed by atoms with Gasteiger partial charge in [0.25, 0.3) is 0 Å². The number of methoxy groups -OCH3 is 1. The third-order valence-corrected chi connectivity index (χ3v) is 8.56. The lowest BCUT2D eigenvalue weighted by atomic mass is 9.37. The third-order valence-electron chi connectivity index (χ3n) is 8.56. The van der Waals surface area contributed by atoms with Gasteiger partial charge in [0.2, 0.25) is 0 Å². The smallest absolute Gasteiger partial charge is 0.165 e. The van der Waals surface area contributed by atoms with Crippen LogP contribution in [0.2, 0.25) is 0 Å². The molecule has 4 bridgehead atoms. The van der Waals surface area contributed by atoms with Crippen molar-refractivity contribution in [3.05, 3.63) is 35.4 Å². The number of carbonyl (C=O) groups is 1. The molecule has 0 radical (unpaired) electrons. The number of carbonyl (C=O) groups excluding carboxylic acids is 1. The average Bonchev–Trinajstić information content (AvgIpc) is 3.03. The highest BCUT2D eigenvalue weighted by Crippen LogP contribution is 2.74. The molecular weight excluding hydrogens is 342 g/mol. The first kappa shape index (κ1) is 16.1. The summed E-state index contributed by atoms with van der Waals surface area (Å²) >= 11 is 0. The van der Waals surface area contributed by atoms with E-state index in [9.17, 15) is 9.90 Å². The third kappa shape index (κ3) is 1.43. The fourth-order valence-corrected chi connectivity index (χ4v) is 7.52. The Bertz CT molecular complexity index is 925. The van der Waals surface area contributed by atoms with Gasteiger partial charge in [-0.25, -0.2) is 0 Å². The fraction of sp³-hybridized carbons (Fsp3) is 0.591. The molecule has 1 N–H and O–H groups in total. The highest BCUT2D eigenvalue weighted by Gasteiger charge is 2.79. The van der Waals surface area contributed by atoms with Crippen LogP contribution in [0.15, 0.2) is 24.3 Å². The van der Waals surface area contributed by atoms with Crippen LogP contribution in [-0.4, -0.2) is 54.2 Å². The molecule has 1 saturated carbocycles. The molecule has 2 spiro atoms. The van der Waals surface area contributed by atoms with E-state index in [0.717, 1.165) is 25.8 Å². The molecule has 4 aliphatic carbocycles. The van der Waals surface area contributed by atoms with Gasteiger partial charge in [-0.05, 0) is 51.4 Å². The number of ketones is 1. The number of likely N-dealkylation sites (N-methyl/N-ethyl adjacent to an activating group) is 1. The second kappa shape index (κ2) is 4.58. The second-order valence-electron chi connectivity index (χ2n) is 9.17. The molecule has 5 nitrogen and oxygen atoms in total. The van der Waals surface area contributed by atoms with Gasteiger partial charge in [-0.3, -0.25) is 4.79 Å². The molecular formula is C22H25NO4. The van der Waals surface area contributed by atoms with Crippen LogP contribution in [-0.2, 0) is 21.4 Å². The van der Waals surface area contributed by atoms with Crippen molar-refractivity contribution in [2.45, 2.75) is 49.3 Å². The molecule has 142 valence electrons. The predicted molar refractivity (Wildman–Crippen MR) is 99.0 cm³/mol. The van der Waals surface area contributed by atoms with Crippen molar-refractivity contribution >= 4 is 5.78 Å². The summed E-state index contributed by atoms with van der Waals surface area (Å²) in [5, 5.41) is 10.6.